The van der Waals surface area contributed by atoms with Crippen LogP contribution in [0.4, 0.5) is 4.79 Å². The predicted molar refractivity (Wildman–Crippen MR) is 105 cm³/mol. The van der Waals surface area contributed by atoms with Crippen molar-refractivity contribution in [2.45, 2.75) is 36.5 Å². The number of hydrogen-bond acceptors (Lipinski definition) is 7. The maximum atomic E-state index is 12.8. The highest BCUT2D eigenvalue weighted by Crippen LogP contribution is 2.27. The molecular formula is C17H26N4O6S2. The van der Waals surface area contributed by atoms with Crippen LogP contribution in [-0.4, -0.2) is 91.5 Å². The molecule has 1 aromatic heterocycles. The van der Waals surface area contributed by atoms with Crippen LogP contribution in [0.1, 0.15) is 20.8 Å². The third kappa shape index (κ3) is 4.71. The Morgan fingerprint density at radius 1 is 1.07 bits per heavy atom. The minimum atomic E-state index is -3.75. The van der Waals surface area contributed by atoms with E-state index in [-0.39, 0.29) is 44.2 Å². The van der Waals surface area contributed by atoms with Gasteiger partial charge in [-0.15, -0.1) is 0 Å². The average Bonchev–Trinajstić information content (AvgIpc) is 2.59. The van der Waals surface area contributed by atoms with E-state index >= 15 is 0 Å². The molecule has 3 rings (SSSR count). The summed E-state index contributed by atoms with van der Waals surface area (Å²) in [5, 5.41) is -0.790. The lowest BCUT2D eigenvalue weighted by Crippen LogP contribution is -2.62. The molecule has 0 saturated carbocycles. The van der Waals surface area contributed by atoms with E-state index in [4.69, 9.17) is 4.74 Å². The SMILES string of the molecule is CC(C)(C)OC(=O)N1CCN(S(=O)(=O)C2CN(S(=O)(=O)c3cccnc3)C2)CC1. The van der Waals surface area contributed by atoms with Crippen LogP contribution in [0.5, 0.6) is 0 Å². The fourth-order valence-electron chi connectivity index (χ4n) is 3.10. The quantitative estimate of drug-likeness (QED) is 0.654. The Balaban J connectivity index is 1.56. The van der Waals surface area contributed by atoms with Gasteiger partial charge in [-0.1, -0.05) is 0 Å². The van der Waals surface area contributed by atoms with Crippen LogP contribution >= 0.6 is 0 Å². The van der Waals surface area contributed by atoms with Crippen molar-refractivity contribution in [3.05, 3.63) is 24.5 Å². The highest BCUT2D eigenvalue weighted by Gasteiger charge is 2.46. The Bertz CT molecular complexity index is 945. The molecule has 3 heterocycles. The number of hydrogen-bond donors (Lipinski definition) is 0. The maximum Gasteiger partial charge on any atom is 0.410 e. The lowest BCUT2D eigenvalue weighted by molar-refractivity contribution is 0.0191. The number of sulfonamides is 2. The van der Waals surface area contributed by atoms with Gasteiger partial charge in [0.15, 0.2) is 0 Å². The van der Waals surface area contributed by atoms with E-state index in [0.29, 0.717) is 0 Å². The van der Waals surface area contributed by atoms with Gasteiger partial charge < -0.3 is 9.64 Å². The molecule has 2 aliphatic heterocycles. The number of rotatable bonds is 4. The highest BCUT2D eigenvalue weighted by molar-refractivity contribution is 7.91. The van der Waals surface area contributed by atoms with E-state index in [2.05, 4.69) is 4.98 Å². The number of amides is 1. The second kappa shape index (κ2) is 7.82. The van der Waals surface area contributed by atoms with Gasteiger partial charge in [0.25, 0.3) is 0 Å². The van der Waals surface area contributed by atoms with E-state index in [9.17, 15) is 21.6 Å². The summed E-state index contributed by atoms with van der Waals surface area (Å²) in [6.45, 7) is 5.92. The molecule has 0 N–H and O–H groups in total. The van der Waals surface area contributed by atoms with Crippen LogP contribution in [0.3, 0.4) is 0 Å². The standard InChI is InChI=1S/C17H26N4O6S2/c1-17(2,3)27-16(22)19-7-9-20(10-8-19)29(25,26)15-12-21(13-15)28(23,24)14-5-4-6-18-11-14/h4-6,11,15H,7-10,12-13H2,1-3H3. The molecule has 0 aliphatic carbocycles. The first-order chi connectivity index (χ1) is 13.4. The first-order valence-electron chi connectivity index (χ1n) is 9.28. The van der Waals surface area contributed by atoms with Crippen molar-refractivity contribution < 1.29 is 26.4 Å². The van der Waals surface area contributed by atoms with Gasteiger partial charge in [0.1, 0.15) is 15.7 Å². The Morgan fingerprint density at radius 2 is 1.69 bits per heavy atom. The van der Waals surface area contributed by atoms with E-state index < -0.39 is 37.0 Å². The third-order valence-corrected chi connectivity index (χ3v) is 8.80. The topological polar surface area (TPSA) is 117 Å². The molecular weight excluding hydrogens is 420 g/mol. The molecule has 0 radical (unpaired) electrons. The molecule has 29 heavy (non-hydrogen) atoms. The highest BCUT2D eigenvalue weighted by atomic mass is 32.2. The largest absolute Gasteiger partial charge is 0.444 e. The Morgan fingerprint density at radius 3 is 2.21 bits per heavy atom. The molecule has 0 atom stereocenters. The molecule has 0 bridgehead atoms. The van der Waals surface area contributed by atoms with Crippen LogP contribution in [0.25, 0.3) is 0 Å². The van der Waals surface area contributed by atoms with E-state index in [0.717, 1.165) is 4.31 Å². The zero-order chi connectivity index (χ0) is 21.4. The van der Waals surface area contributed by atoms with Crippen LogP contribution in [0.2, 0.25) is 0 Å². The number of nitrogens with zero attached hydrogens (tertiary/aromatic N) is 4. The Kier molecular flexibility index (Phi) is 5.91. The summed E-state index contributed by atoms with van der Waals surface area (Å²) in [5.41, 5.74) is -0.616. The molecule has 1 amide bonds. The second-order valence-corrected chi connectivity index (χ2v) is 12.2. The van der Waals surface area contributed by atoms with Crippen LogP contribution < -0.4 is 0 Å². The first kappa shape index (κ1) is 21.9. The van der Waals surface area contributed by atoms with Gasteiger partial charge >= 0.3 is 6.09 Å². The molecule has 0 spiro atoms. The molecule has 0 unspecified atom stereocenters. The van der Waals surface area contributed by atoms with Gasteiger partial charge in [-0.05, 0) is 32.9 Å². The number of ether oxygens (including phenoxy) is 1. The van der Waals surface area contributed by atoms with Crippen molar-refractivity contribution >= 4 is 26.1 Å². The molecule has 0 aromatic carbocycles. The second-order valence-electron chi connectivity index (χ2n) is 8.04. The normalized spacial score (nSPS) is 20.3. The summed E-state index contributed by atoms with van der Waals surface area (Å²) in [6.07, 6.45) is 2.25. The Labute approximate surface area is 171 Å². The monoisotopic (exact) mass is 446 g/mol. The van der Waals surface area contributed by atoms with Gasteiger partial charge in [0.05, 0.1) is 0 Å². The molecule has 1 aromatic rings. The van der Waals surface area contributed by atoms with Crippen molar-refractivity contribution in [3.8, 4) is 0 Å². The predicted octanol–water partition coefficient (Wildman–Crippen LogP) is 0.337. The van der Waals surface area contributed by atoms with E-state index in [1.54, 1.807) is 20.8 Å². The molecule has 2 saturated heterocycles. The van der Waals surface area contributed by atoms with Crippen LogP contribution in [-0.2, 0) is 24.8 Å². The fraction of sp³-hybridized carbons (Fsp3) is 0.647. The van der Waals surface area contributed by atoms with Crippen molar-refractivity contribution in [2.75, 3.05) is 39.3 Å². The number of piperazine rings is 1. The number of carbonyl (C=O) groups excluding carboxylic acids is 1. The van der Waals surface area contributed by atoms with Gasteiger partial charge in [0, 0.05) is 51.7 Å². The van der Waals surface area contributed by atoms with Gasteiger partial charge in [0.2, 0.25) is 20.0 Å². The van der Waals surface area contributed by atoms with Gasteiger partial charge in [-0.2, -0.15) is 8.61 Å². The van der Waals surface area contributed by atoms with Crippen molar-refractivity contribution in [3.63, 3.8) is 0 Å². The summed E-state index contributed by atoms with van der Waals surface area (Å²) in [4.78, 5) is 17.4. The van der Waals surface area contributed by atoms with Crippen molar-refractivity contribution in [2.24, 2.45) is 0 Å². The summed E-state index contributed by atoms with van der Waals surface area (Å²) in [6, 6.07) is 2.95. The van der Waals surface area contributed by atoms with Crippen LogP contribution in [0, 0.1) is 0 Å². The zero-order valence-corrected chi connectivity index (χ0v) is 18.3. The lowest BCUT2D eigenvalue weighted by Gasteiger charge is -2.42. The summed E-state index contributed by atoms with van der Waals surface area (Å²) < 4.78 is 58.5. The molecule has 2 fully saturated rings. The molecule has 12 heteroatoms. The summed E-state index contributed by atoms with van der Waals surface area (Å²) >= 11 is 0. The smallest absolute Gasteiger partial charge is 0.410 e. The van der Waals surface area contributed by atoms with Crippen LogP contribution in [0.15, 0.2) is 29.4 Å². The minimum Gasteiger partial charge on any atom is -0.444 e. The lowest BCUT2D eigenvalue weighted by atomic mass is 10.2. The fourth-order valence-corrected chi connectivity index (χ4v) is 6.61. The zero-order valence-electron chi connectivity index (χ0n) is 16.7. The minimum absolute atomic E-state index is 0.0434. The third-order valence-electron chi connectivity index (χ3n) is 4.76. The van der Waals surface area contributed by atoms with Gasteiger partial charge in [-0.3, -0.25) is 4.98 Å². The van der Waals surface area contributed by atoms with Crippen molar-refractivity contribution in [1.82, 2.24) is 18.5 Å². The summed E-state index contributed by atoms with van der Waals surface area (Å²) in [5.74, 6) is 0. The number of aromatic nitrogens is 1. The van der Waals surface area contributed by atoms with Crippen molar-refractivity contribution in [1.29, 1.82) is 0 Å². The van der Waals surface area contributed by atoms with E-state index in [1.807, 2.05) is 0 Å². The number of carbonyl (C=O) groups is 1. The van der Waals surface area contributed by atoms with Gasteiger partial charge in [-0.25, -0.2) is 21.6 Å². The summed E-state index contributed by atoms with van der Waals surface area (Å²) in [7, 11) is -7.40. The number of pyridine rings is 1. The first-order valence-corrected chi connectivity index (χ1v) is 12.2. The Hall–Kier alpha value is -1.76. The molecule has 2 aliphatic rings. The maximum absolute atomic E-state index is 12.8. The molecule has 162 valence electrons. The average molecular weight is 447 g/mol. The van der Waals surface area contributed by atoms with E-state index in [1.165, 1.54) is 33.7 Å². The molecule has 10 nitrogen and oxygen atoms in total.